The molecule has 0 saturated heterocycles. The van der Waals surface area contributed by atoms with Crippen LogP contribution in [0.5, 0.6) is 0 Å². The molecule has 0 bridgehead atoms. The van der Waals surface area contributed by atoms with E-state index >= 15 is 0 Å². The van der Waals surface area contributed by atoms with Gasteiger partial charge in [-0.2, -0.15) is 0 Å². The summed E-state index contributed by atoms with van der Waals surface area (Å²) in [4.78, 5) is 52.6. The molecule has 2 aromatic rings. The highest BCUT2D eigenvalue weighted by Crippen LogP contribution is 2.10. The van der Waals surface area contributed by atoms with Crippen LogP contribution < -0.4 is 16.5 Å². The van der Waals surface area contributed by atoms with E-state index in [1.165, 1.54) is 6.20 Å². The third-order valence-electron chi connectivity index (χ3n) is 4.21. The normalized spacial score (nSPS) is 12.9. The highest BCUT2D eigenvalue weighted by molar-refractivity contribution is 6.29. The minimum Gasteiger partial charge on any atom is -0.370 e. The minimum atomic E-state index is -2.43. The molecule has 2 heterocycles. The van der Waals surface area contributed by atoms with Crippen molar-refractivity contribution in [2.45, 2.75) is 38.4 Å². The summed E-state index contributed by atoms with van der Waals surface area (Å²) in [6.45, 7) is 3.30. The molecule has 0 unspecified atom stereocenters. The number of pyridine rings is 1. The second kappa shape index (κ2) is 10.7. The second-order valence-corrected chi connectivity index (χ2v) is 7.61. The van der Waals surface area contributed by atoms with Gasteiger partial charge in [-0.1, -0.05) is 31.5 Å². The summed E-state index contributed by atoms with van der Waals surface area (Å²) in [5.41, 5.74) is 5.49. The van der Waals surface area contributed by atoms with Crippen LogP contribution in [0.25, 0.3) is 5.65 Å². The number of hydrazine groups is 1. The molecule has 2 atom stereocenters. The zero-order chi connectivity index (χ0) is 23.1. The monoisotopic (exact) mass is 454 g/mol. The summed E-state index contributed by atoms with van der Waals surface area (Å²) >= 11 is 5.18. The predicted molar refractivity (Wildman–Crippen MR) is 110 cm³/mol. The van der Waals surface area contributed by atoms with Gasteiger partial charge in [-0.25, -0.2) is 14.4 Å². The zero-order valence-electron chi connectivity index (χ0n) is 17.0. The Morgan fingerprint density at radius 1 is 1.29 bits per heavy atom. The molecule has 12 heteroatoms. The van der Waals surface area contributed by atoms with Gasteiger partial charge in [-0.3, -0.25) is 24.6 Å². The molecule has 0 saturated carbocycles. The van der Waals surface area contributed by atoms with E-state index in [1.807, 2.05) is 13.8 Å². The fourth-order valence-electron chi connectivity index (χ4n) is 2.75. The van der Waals surface area contributed by atoms with E-state index in [0.29, 0.717) is 10.7 Å². The molecule has 10 nitrogen and oxygen atoms in total. The summed E-state index contributed by atoms with van der Waals surface area (Å²) in [5.74, 6) is -3.39. The molecule has 2 aromatic heterocycles. The van der Waals surface area contributed by atoms with Crippen LogP contribution in [0.2, 0.25) is 0 Å². The van der Waals surface area contributed by atoms with Gasteiger partial charge in [0, 0.05) is 18.8 Å². The Morgan fingerprint density at radius 2 is 2.00 bits per heavy atom. The van der Waals surface area contributed by atoms with Crippen molar-refractivity contribution >= 4 is 40.9 Å². The van der Waals surface area contributed by atoms with Crippen molar-refractivity contribution < 1.29 is 23.6 Å². The number of imidazole rings is 1. The van der Waals surface area contributed by atoms with Gasteiger partial charge in [0.25, 0.3) is 23.4 Å². The van der Waals surface area contributed by atoms with Crippen molar-refractivity contribution in [3.63, 3.8) is 0 Å². The number of carbonyl (C=O) groups is 4. The maximum Gasteiger partial charge on any atom is 0.291 e. The number of hydrogen-bond donors (Lipinski definition) is 3. The van der Waals surface area contributed by atoms with Gasteiger partial charge in [0.1, 0.15) is 17.4 Å². The molecule has 0 aliphatic carbocycles. The first-order valence-electron chi connectivity index (χ1n) is 9.51. The van der Waals surface area contributed by atoms with Gasteiger partial charge in [0.15, 0.2) is 0 Å². The smallest absolute Gasteiger partial charge is 0.291 e. The minimum absolute atomic E-state index is 0.00570. The quantitative estimate of drug-likeness (QED) is 0.379. The molecule has 2 rings (SSSR count). The number of nitrogens with two attached hydrogens (primary N) is 1. The largest absolute Gasteiger partial charge is 0.370 e. The number of rotatable bonds is 9. The Bertz CT molecular complexity index is 931. The number of nitrogens with zero attached hydrogens (tertiary/aromatic N) is 3. The van der Waals surface area contributed by atoms with E-state index in [-0.39, 0.29) is 31.0 Å². The van der Waals surface area contributed by atoms with Crippen LogP contribution >= 0.6 is 11.6 Å². The summed E-state index contributed by atoms with van der Waals surface area (Å²) in [6.07, 6.45) is 3.14. The third kappa shape index (κ3) is 6.92. The van der Waals surface area contributed by atoms with E-state index in [4.69, 9.17) is 17.3 Å². The van der Waals surface area contributed by atoms with Gasteiger partial charge in [-0.15, -0.1) is 0 Å². The standard InChI is InChI=1S/C19H24ClFN6O4/c1-11(2)9-12(18(30)25-27(8-6-14(22)28)19(31)16(20)21)24-17(29)13-10-26-7-4-3-5-15(26)23-13/h3-5,7,10-12,16H,6,8-9H2,1-2H3,(H2,22,28)(H,24,29)(H,25,30)/t12-,16-/m0/s1. The number of carbonyl (C=O) groups excluding carboxylic acids is 4. The number of hydrogen-bond acceptors (Lipinski definition) is 5. The van der Waals surface area contributed by atoms with E-state index < -0.39 is 35.3 Å². The van der Waals surface area contributed by atoms with E-state index in [0.717, 1.165) is 0 Å². The number of amides is 4. The molecular formula is C19H24ClFN6O4. The first-order valence-corrected chi connectivity index (χ1v) is 9.95. The van der Waals surface area contributed by atoms with Crippen LogP contribution in [-0.4, -0.2) is 56.2 Å². The summed E-state index contributed by atoms with van der Waals surface area (Å²) in [7, 11) is 0. The van der Waals surface area contributed by atoms with Crippen LogP contribution in [0.4, 0.5) is 4.39 Å². The molecule has 0 fully saturated rings. The molecule has 4 amide bonds. The molecule has 4 N–H and O–H groups in total. The Labute approximate surface area is 182 Å². The third-order valence-corrected chi connectivity index (χ3v) is 4.39. The lowest BCUT2D eigenvalue weighted by Gasteiger charge is -2.26. The molecule has 0 aromatic carbocycles. The predicted octanol–water partition coefficient (Wildman–Crippen LogP) is 0.748. The number of primary amides is 1. The number of nitrogens with one attached hydrogen (secondary N) is 2. The van der Waals surface area contributed by atoms with Gasteiger partial charge >= 0.3 is 0 Å². The Hall–Kier alpha value is -3.21. The fraction of sp³-hybridized carbons (Fsp3) is 0.421. The highest BCUT2D eigenvalue weighted by atomic mass is 35.5. The first kappa shape index (κ1) is 24.1. The van der Waals surface area contributed by atoms with Crippen molar-refractivity contribution in [1.82, 2.24) is 25.1 Å². The van der Waals surface area contributed by atoms with Crippen molar-refractivity contribution in [3.05, 3.63) is 36.3 Å². The number of aromatic nitrogens is 2. The lowest BCUT2D eigenvalue weighted by atomic mass is 10.0. The van der Waals surface area contributed by atoms with Crippen LogP contribution in [0.3, 0.4) is 0 Å². The average molecular weight is 455 g/mol. The lowest BCUT2D eigenvalue weighted by Crippen LogP contribution is -2.56. The molecule has 31 heavy (non-hydrogen) atoms. The van der Waals surface area contributed by atoms with E-state index in [9.17, 15) is 23.6 Å². The molecule has 0 aliphatic rings. The van der Waals surface area contributed by atoms with Crippen molar-refractivity contribution in [2.24, 2.45) is 11.7 Å². The van der Waals surface area contributed by atoms with Crippen molar-refractivity contribution in [3.8, 4) is 0 Å². The first-order chi connectivity index (χ1) is 14.6. The summed E-state index contributed by atoms with van der Waals surface area (Å²) < 4.78 is 14.9. The van der Waals surface area contributed by atoms with Gasteiger partial charge in [0.05, 0.1) is 6.54 Å². The summed E-state index contributed by atoms with van der Waals surface area (Å²) in [6, 6.07) is 4.20. The van der Waals surface area contributed by atoms with Gasteiger partial charge in [-0.05, 0) is 24.5 Å². The van der Waals surface area contributed by atoms with Crippen LogP contribution in [0.1, 0.15) is 37.2 Å². The fourth-order valence-corrected chi connectivity index (χ4v) is 2.87. The van der Waals surface area contributed by atoms with E-state index in [1.54, 1.807) is 28.8 Å². The molecule has 168 valence electrons. The Kier molecular flexibility index (Phi) is 8.31. The van der Waals surface area contributed by atoms with E-state index in [2.05, 4.69) is 15.7 Å². The number of alkyl halides is 2. The molecule has 0 radical (unpaired) electrons. The van der Waals surface area contributed by atoms with Crippen LogP contribution in [-0.2, 0) is 14.4 Å². The average Bonchev–Trinajstić information content (AvgIpc) is 3.13. The molecule has 0 aliphatic heterocycles. The Morgan fingerprint density at radius 3 is 2.58 bits per heavy atom. The number of fused-ring (bicyclic) bond motifs is 1. The topological polar surface area (TPSA) is 139 Å². The number of halogens is 2. The molecular weight excluding hydrogens is 431 g/mol. The van der Waals surface area contributed by atoms with Gasteiger partial charge in [0.2, 0.25) is 5.91 Å². The Balaban J connectivity index is 2.16. The molecule has 0 spiro atoms. The van der Waals surface area contributed by atoms with Crippen molar-refractivity contribution in [1.29, 1.82) is 0 Å². The zero-order valence-corrected chi connectivity index (χ0v) is 17.8. The van der Waals surface area contributed by atoms with Gasteiger partial charge < -0.3 is 15.5 Å². The lowest BCUT2D eigenvalue weighted by molar-refractivity contribution is -0.144. The SMILES string of the molecule is CC(C)C[C@H](NC(=O)c1cn2ccccc2n1)C(=O)NN(CCC(N)=O)C(=O)[C@H](F)Cl. The van der Waals surface area contributed by atoms with Crippen LogP contribution in [0.15, 0.2) is 30.6 Å². The van der Waals surface area contributed by atoms with Crippen molar-refractivity contribution in [2.75, 3.05) is 6.54 Å². The maximum atomic E-state index is 13.3. The highest BCUT2D eigenvalue weighted by Gasteiger charge is 2.29. The maximum absolute atomic E-state index is 13.3. The second-order valence-electron chi connectivity index (χ2n) is 7.23. The van der Waals surface area contributed by atoms with Crippen LogP contribution in [0, 0.1) is 5.92 Å². The summed E-state index contributed by atoms with van der Waals surface area (Å²) in [5, 5.41) is 3.16.